The molecule has 1 atom stereocenters. The van der Waals surface area contributed by atoms with Gasteiger partial charge in [-0.05, 0) is 68.9 Å². The van der Waals surface area contributed by atoms with Crippen LogP contribution in [-0.2, 0) is 15.7 Å². The summed E-state index contributed by atoms with van der Waals surface area (Å²) >= 11 is 8.25. The van der Waals surface area contributed by atoms with Crippen LogP contribution in [0.3, 0.4) is 0 Å². The fourth-order valence-corrected chi connectivity index (χ4v) is 7.08. The molecule has 3 aromatic heterocycles. The van der Waals surface area contributed by atoms with E-state index < -0.39 is 35.5 Å². The number of allylic oxidation sites excluding steroid dienone is 1. The first-order valence-electron chi connectivity index (χ1n) is 14.7. The molecular weight excluding hydrogens is 701 g/mol. The summed E-state index contributed by atoms with van der Waals surface area (Å²) in [6.45, 7) is 5.09. The van der Waals surface area contributed by atoms with Gasteiger partial charge in [-0.2, -0.15) is 13.2 Å². The van der Waals surface area contributed by atoms with Crippen LogP contribution >= 0.6 is 34.7 Å². The number of methoxy groups -OCH3 is 1. The second kappa shape index (κ2) is 13.7. The van der Waals surface area contributed by atoms with E-state index in [-0.39, 0.29) is 31.8 Å². The van der Waals surface area contributed by atoms with E-state index in [1.54, 1.807) is 81.4 Å². The Balaban J connectivity index is 1.40. The molecule has 0 bridgehead atoms. The first-order chi connectivity index (χ1) is 23.3. The lowest BCUT2D eigenvalue weighted by molar-refractivity contribution is -0.143. The Kier molecular flexibility index (Phi) is 9.56. The summed E-state index contributed by atoms with van der Waals surface area (Å²) in [5.41, 5.74) is 0.0137. The maximum atomic E-state index is 14.0. The molecule has 252 valence electrons. The largest absolute Gasteiger partial charge is 0.496 e. The zero-order chi connectivity index (χ0) is 35.0. The van der Waals surface area contributed by atoms with Gasteiger partial charge in [0.1, 0.15) is 23.2 Å². The summed E-state index contributed by atoms with van der Waals surface area (Å²) in [5, 5.41) is 0.402. The highest BCUT2D eigenvalue weighted by Gasteiger charge is 2.36. The lowest BCUT2D eigenvalue weighted by Gasteiger charge is -2.26. The van der Waals surface area contributed by atoms with Crippen molar-refractivity contribution in [2.75, 3.05) is 7.11 Å². The molecule has 0 fully saturated rings. The van der Waals surface area contributed by atoms with Gasteiger partial charge in [0.25, 0.3) is 5.56 Å². The van der Waals surface area contributed by atoms with E-state index in [1.165, 1.54) is 17.8 Å². The summed E-state index contributed by atoms with van der Waals surface area (Å²) in [7, 11) is 1.47. The summed E-state index contributed by atoms with van der Waals surface area (Å²) in [5.74, 6) is 0.000942. The van der Waals surface area contributed by atoms with E-state index in [9.17, 15) is 22.8 Å². The number of fused-ring (bicyclic) bond motifs is 1. The third kappa shape index (κ3) is 7.21. The first-order valence-corrected chi connectivity index (χ1v) is 16.7. The Morgan fingerprint density at radius 2 is 1.86 bits per heavy atom. The average Bonchev–Trinajstić information content (AvgIpc) is 3.62. The van der Waals surface area contributed by atoms with Crippen LogP contribution in [0.25, 0.3) is 17.3 Å². The molecule has 0 amide bonds. The van der Waals surface area contributed by atoms with E-state index >= 15 is 0 Å². The molecule has 1 aliphatic rings. The molecule has 1 aliphatic heterocycles. The van der Waals surface area contributed by atoms with Gasteiger partial charge in [-0.1, -0.05) is 53.3 Å². The zero-order valence-electron chi connectivity index (χ0n) is 26.2. The molecule has 5 aromatic rings. The molecule has 15 heteroatoms. The minimum atomic E-state index is -4.69. The summed E-state index contributed by atoms with van der Waals surface area (Å²) in [4.78, 5) is 40.4. The van der Waals surface area contributed by atoms with Gasteiger partial charge in [-0.15, -0.1) is 0 Å². The smallest absolute Gasteiger partial charge is 0.433 e. The lowest BCUT2D eigenvalue weighted by atomic mass is 9.95. The van der Waals surface area contributed by atoms with E-state index in [0.29, 0.717) is 32.4 Å². The van der Waals surface area contributed by atoms with Gasteiger partial charge in [-0.25, -0.2) is 19.8 Å². The summed E-state index contributed by atoms with van der Waals surface area (Å²) in [6.07, 6.45) is -3.63. The van der Waals surface area contributed by atoms with Gasteiger partial charge < -0.3 is 13.9 Å². The lowest BCUT2D eigenvalue weighted by Crippen LogP contribution is -2.40. The molecule has 0 N–H and O–H groups in total. The fraction of sp³-hybridized carbons (Fsp3) is 0.206. The predicted molar refractivity (Wildman–Crippen MR) is 178 cm³/mol. The predicted octanol–water partition coefficient (Wildman–Crippen LogP) is 7.07. The van der Waals surface area contributed by atoms with Crippen LogP contribution in [0.2, 0.25) is 5.02 Å². The maximum Gasteiger partial charge on any atom is 0.433 e. The van der Waals surface area contributed by atoms with Crippen LogP contribution in [0, 0.1) is 0 Å². The standard InChI is InChI=1S/C34H26ClF3N4O5S2/c1-17(2)46-31(44)28-18(3)39-33-42(29(28)22-14-20(35)10-12-24(22)45-4)30(43)25(48-33)15-21-11-13-27(47-21)49-32-40-23(19-8-6-5-7-9-19)16-26(41-32)34(36,37)38/h5-17,29H,1-4H3/b25-15-/t29-/m1/s1. The van der Waals surface area contributed by atoms with E-state index in [1.807, 2.05) is 0 Å². The fourth-order valence-electron chi connectivity index (χ4n) is 5.13. The van der Waals surface area contributed by atoms with Gasteiger partial charge >= 0.3 is 12.1 Å². The van der Waals surface area contributed by atoms with Crippen molar-refractivity contribution < 1.29 is 31.9 Å². The van der Waals surface area contributed by atoms with Crippen molar-refractivity contribution >= 4 is 46.7 Å². The van der Waals surface area contributed by atoms with Gasteiger partial charge in [0.15, 0.2) is 15.1 Å². The molecule has 6 rings (SSSR count). The third-order valence-corrected chi connectivity index (χ3v) is 9.21. The quantitative estimate of drug-likeness (QED) is 0.124. The molecule has 9 nitrogen and oxygen atoms in total. The number of thiazole rings is 1. The van der Waals surface area contributed by atoms with Crippen LogP contribution < -0.4 is 19.6 Å². The summed E-state index contributed by atoms with van der Waals surface area (Å²) < 4.78 is 59.8. The Morgan fingerprint density at radius 3 is 2.55 bits per heavy atom. The van der Waals surface area contributed by atoms with Crippen LogP contribution in [0.5, 0.6) is 5.75 Å². The van der Waals surface area contributed by atoms with Crippen LogP contribution in [0.1, 0.15) is 43.8 Å². The molecular formula is C34H26ClF3N4O5S2. The van der Waals surface area contributed by atoms with Crippen molar-refractivity contribution in [3.05, 3.63) is 120 Å². The number of carbonyl (C=O) groups excluding carboxylic acids is 1. The number of aromatic nitrogens is 3. The minimum Gasteiger partial charge on any atom is -0.496 e. The number of hydrogen-bond acceptors (Lipinski definition) is 10. The molecule has 0 aliphatic carbocycles. The van der Waals surface area contributed by atoms with Crippen LogP contribution in [0.15, 0.2) is 102 Å². The molecule has 2 aromatic carbocycles. The maximum absolute atomic E-state index is 14.0. The number of carbonyl (C=O) groups is 1. The molecule has 0 spiro atoms. The molecule has 4 heterocycles. The number of nitrogens with zero attached hydrogens (tertiary/aromatic N) is 4. The summed E-state index contributed by atoms with van der Waals surface area (Å²) in [6, 6.07) is 16.4. The third-order valence-electron chi connectivity index (χ3n) is 7.20. The second-order valence-corrected chi connectivity index (χ2v) is 13.4. The number of hydrogen-bond donors (Lipinski definition) is 0. The Bertz CT molecular complexity index is 2280. The number of halogens is 4. The number of benzene rings is 2. The first kappa shape index (κ1) is 34.2. The molecule has 0 radical (unpaired) electrons. The minimum absolute atomic E-state index is 0.108. The number of alkyl halides is 3. The molecule has 0 saturated carbocycles. The Labute approximate surface area is 290 Å². The van der Waals surface area contributed by atoms with Crippen LogP contribution in [-0.4, -0.2) is 33.7 Å². The highest BCUT2D eigenvalue weighted by atomic mass is 35.5. The number of rotatable bonds is 8. The number of esters is 1. The van der Waals surface area contributed by atoms with E-state index in [4.69, 9.17) is 25.5 Å². The number of ether oxygens (including phenoxy) is 2. The monoisotopic (exact) mass is 726 g/mol. The van der Waals surface area contributed by atoms with E-state index in [2.05, 4.69) is 15.0 Å². The molecule has 0 saturated heterocycles. The van der Waals surface area contributed by atoms with Gasteiger partial charge in [0.05, 0.1) is 34.7 Å². The zero-order valence-corrected chi connectivity index (χ0v) is 28.6. The van der Waals surface area contributed by atoms with Gasteiger partial charge in [0, 0.05) is 22.2 Å². The highest BCUT2D eigenvalue weighted by molar-refractivity contribution is 7.99. The highest BCUT2D eigenvalue weighted by Crippen LogP contribution is 2.38. The second-order valence-electron chi connectivity index (χ2n) is 11.0. The van der Waals surface area contributed by atoms with Gasteiger partial charge in [-0.3, -0.25) is 9.36 Å². The molecule has 0 unspecified atom stereocenters. The van der Waals surface area contributed by atoms with E-state index in [0.717, 1.165) is 29.2 Å². The van der Waals surface area contributed by atoms with Crippen molar-refractivity contribution in [1.29, 1.82) is 0 Å². The van der Waals surface area contributed by atoms with Crippen molar-refractivity contribution in [3.63, 3.8) is 0 Å². The van der Waals surface area contributed by atoms with Gasteiger partial charge in [0.2, 0.25) is 0 Å². The Morgan fingerprint density at radius 1 is 1.10 bits per heavy atom. The van der Waals surface area contributed by atoms with Crippen LogP contribution in [0.4, 0.5) is 13.2 Å². The normalized spacial score (nSPS) is 15.0. The molecule has 49 heavy (non-hydrogen) atoms. The van der Waals surface area contributed by atoms with Crippen molar-refractivity contribution in [3.8, 4) is 17.0 Å². The van der Waals surface area contributed by atoms with Crippen molar-refractivity contribution in [2.24, 2.45) is 4.99 Å². The van der Waals surface area contributed by atoms with Crippen molar-refractivity contribution in [1.82, 2.24) is 14.5 Å². The average molecular weight is 727 g/mol. The topological polar surface area (TPSA) is 109 Å². The Hall–Kier alpha value is -4.66. The SMILES string of the molecule is COc1ccc(Cl)cc1[C@@H]1C(C(=O)OC(C)C)=C(C)N=c2s/c(=C\c3ccc(Sc4nc(-c5ccccc5)cc(C(F)(F)F)n4)o3)c(=O)n21. The number of furan rings is 1. The van der Waals surface area contributed by atoms with Crippen molar-refractivity contribution in [2.45, 2.75) is 49.3 Å².